The van der Waals surface area contributed by atoms with E-state index in [-0.39, 0.29) is 0 Å². The van der Waals surface area contributed by atoms with Crippen molar-refractivity contribution in [2.24, 2.45) is 10.2 Å². The van der Waals surface area contributed by atoms with Gasteiger partial charge in [-0.15, -0.1) is 0 Å². The third-order valence-electron chi connectivity index (χ3n) is 3.73. The van der Waals surface area contributed by atoms with Crippen LogP contribution in [0.1, 0.15) is 25.0 Å². The average molecular weight is 414 g/mol. The molecule has 9 heteroatoms. The van der Waals surface area contributed by atoms with Gasteiger partial charge in [-0.25, -0.2) is 15.6 Å². The Morgan fingerprint density at radius 2 is 1.23 bits per heavy atom. The van der Waals surface area contributed by atoms with Crippen LogP contribution in [0.15, 0.2) is 46.6 Å². The summed E-state index contributed by atoms with van der Waals surface area (Å²) in [5, 5.41) is 7.77. The van der Waals surface area contributed by atoms with Crippen molar-refractivity contribution in [3.05, 3.63) is 47.5 Å². The summed E-state index contributed by atoms with van der Waals surface area (Å²) in [5.41, 5.74) is 6.14. The molecular weight excluding hydrogens is 388 g/mol. The van der Waals surface area contributed by atoms with Gasteiger partial charge in [0.05, 0.1) is 39.9 Å². The van der Waals surface area contributed by atoms with Crippen LogP contribution in [0.25, 0.3) is 0 Å². The lowest BCUT2D eigenvalue weighted by Gasteiger charge is -2.09. The molecule has 0 saturated heterocycles. The summed E-state index contributed by atoms with van der Waals surface area (Å²) in [7, 11) is 3.12. The number of carbonyl (C=O) groups is 1. The summed E-state index contributed by atoms with van der Waals surface area (Å²) < 4.78 is 21.5. The number of methoxy groups -OCH3 is 2. The van der Waals surface area contributed by atoms with E-state index in [9.17, 15) is 4.79 Å². The second kappa shape index (κ2) is 11.9. The summed E-state index contributed by atoms with van der Waals surface area (Å²) in [4.78, 5) is 11.8. The molecule has 2 N–H and O–H groups in total. The maximum atomic E-state index is 11.8. The Bertz CT molecular complexity index is 827. The van der Waals surface area contributed by atoms with Gasteiger partial charge in [0.15, 0.2) is 23.0 Å². The number of hydrogen-bond donors (Lipinski definition) is 2. The Balaban J connectivity index is 1.89. The van der Waals surface area contributed by atoms with Crippen molar-refractivity contribution in [1.29, 1.82) is 0 Å². The molecule has 2 rings (SSSR count). The van der Waals surface area contributed by atoms with E-state index in [1.54, 1.807) is 50.6 Å². The molecule has 0 aliphatic rings. The van der Waals surface area contributed by atoms with Crippen LogP contribution in [-0.2, 0) is 0 Å². The van der Waals surface area contributed by atoms with Crippen molar-refractivity contribution in [1.82, 2.24) is 10.9 Å². The van der Waals surface area contributed by atoms with E-state index in [1.165, 1.54) is 12.4 Å². The Hall–Kier alpha value is -3.75. The molecule has 0 radical (unpaired) electrons. The van der Waals surface area contributed by atoms with E-state index in [2.05, 4.69) is 21.1 Å². The number of hydrazone groups is 2. The number of carbonyl (C=O) groups excluding carboxylic acids is 1. The van der Waals surface area contributed by atoms with Gasteiger partial charge in [-0.1, -0.05) is 0 Å². The number of nitrogens with zero attached hydrogens (tertiary/aromatic N) is 2. The maximum absolute atomic E-state index is 11.8. The van der Waals surface area contributed by atoms with Crippen molar-refractivity contribution in [3.8, 4) is 23.0 Å². The lowest BCUT2D eigenvalue weighted by Crippen LogP contribution is -2.28. The lowest BCUT2D eigenvalue weighted by atomic mass is 10.2. The lowest BCUT2D eigenvalue weighted by molar-refractivity contribution is 0.242. The summed E-state index contributed by atoms with van der Waals surface area (Å²) in [6.07, 6.45) is 2.97. The Labute approximate surface area is 175 Å². The quantitative estimate of drug-likeness (QED) is 0.459. The van der Waals surface area contributed by atoms with Crippen molar-refractivity contribution in [2.45, 2.75) is 13.8 Å². The third-order valence-corrected chi connectivity index (χ3v) is 3.73. The first-order valence-corrected chi connectivity index (χ1v) is 9.35. The molecule has 0 bridgehead atoms. The van der Waals surface area contributed by atoms with Gasteiger partial charge < -0.3 is 18.9 Å². The molecule has 0 aromatic heterocycles. The van der Waals surface area contributed by atoms with Crippen LogP contribution >= 0.6 is 0 Å². The molecule has 0 aliphatic carbocycles. The molecule has 0 unspecified atom stereocenters. The molecule has 2 aromatic rings. The first kappa shape index (κ1) is 22.5. The highest BCUT2D eigenvalue weighted by Gasteiger charge is 2.05. The number of rotatable bonds is 10. The molecule has 9 nitrogen and oxygen atoms in total. The van der Waals surface area contributed by atoms with Crippen LogP contribution in [-0.4, -0.2) is 45.9 Å². The normalized spacial score (nSPS) is 10.8. The average Bonchev–Trinajstić information content (AvgIpc) is 2.76. The van der Waals surface area contributed by atoms with Gasteiger partial charge in [0.2, 0.25) is 0 Å². The zero-order valence-corrected chi connectivity index (χ0v) is 17.5. The van der Waals surface area contributed by atoms with Gasteiger partial charge in [0, 0.05) is 0 Å². The summed E-state index contributed by atoms with van der Waals surface area (Å²) in [6.45, 7) is 4.86. The minimum atomic E-state index is -0.585. The Kier molecular flexibility index (Phi) is 8.98. The van der Waals surface area contributed by atoms with E-state index < -0.39 is 6.03 Å². The Morgan fingerprint density at radius 1 is 0.800 bits per heavy atom. The molecule has 0 heterocycles. The minimum absolute atomic E-state index is 0.537. The first-order chi connectivity index (χ1) is 14.6. The van der Waals surface area contributed by atoms with Gasteiger partial charge in [0.25, 0.3) is 0 Å². The van der Waals surface area contributed by atoms with E-state index in [0.717, 1.165) is 11.1 Å². The Morgan fingerprint density at radius 3 is 1.60 bits per heavy atom. The minimum Gasteiger partial charge on any atom is -0.493 e. The second-order valence-corrected chi connectivity index (χ2v) is 5.76. The smallest absolute Gasteiger partial charge is 0.355 e. The second-order valence-electron chi connectivity index (χ2n) is 5.76. The molecule has 0 saturated carbocycles. The number of hydrogen-bond acceptors (Lipinski definition) is 7. The molecule has 2 amide bonds. The molecule has 2 aromatic carbocycles. The van der Waals surface area contributed by atoms with Crippen molar-refractivity contribution in [3.63, 3.8) is 0 Å². The molecule has 30 heavy (non-hydrogen) atoms. The predicted octanol–water partition coefficient (Wildman–Crippen LogP) is 3.17. The highest BCUT2D eigenvalue weighted by molar-refractivity contribution is 5.84. The van der Waals surface area contributed by atoms with Gasteiger partial charge in [-0.3, -0.25) is 0 Å². The largest absolute Gasteiger partial charge is 0.493 e. The van der Waals surface area contributed by atoms with Gasteiger partial charge in [-0.05, 0) is 61.4 Å². The van der Waals surface area contributed by atoms with Crippen LogP contribution in [0.5, 0.6) is 23.0 Å². The highest BCUT2D eigenvalue weighted by atomic mass is 16.5. The van der Waals surface area contributed by atoms with Crippen molar-refractivity contribution < 1.29 is 23.7 Å². The highest BCUT2D eigenvalue weighted by Crippen LogP contribution is 2.28. The zero-order chi connectivity index (χ0) is 21.8. The number of amides is 2. The number of urea groups is 1. The molecule has 0 aliphatic heterocycles. The van der Waals surface area contributed by atoms with Crippen LogP contribution in [0.4, 0.5) is 4.79 Å². The first-order valence-electron chi connectivity index (χ1n) is 9.35. The van der Waals surface area contributed by atoms with E-state index in [0.29, 0.717) is 36.2 Å². The third kappa shape index (κ3) is 6.69. The fourth-order valence-electron chi connectivity index (χ4n) is 2.43. The van der Waals surface area contributed by atoms with Crippen LogP contribution in [0, 0.1) is 0 Å². The van der Waals surface area contributed by atoms with E-state index in [1.807, 2.05) is 13.8 Å². The number of ether oxygens (including phenoxy) is 4. The SMILES string of the molecule is CCOc1ccc(/C=N/NC(=O)N/N=C/c2ccc(OCC)c(OC)c2)cc1OC. The maximum Gasteiger partial charge on any atom is 0.355 e. The van der Waals surface area contributed by atoms with Gasteiger partial charge >= 0.3 is 6.03 Å². The van der Waals surface area contributed by atoms with Crippen LogP contribution in [0.2, 0.25) is 0 Å². The monoisotopic (exact) mass is 414 g/mol. The number of nitrogens with one attached hydrogen (secondary N) is 2. The topological polar surface area (TPSA) is 103 Å². The summed E-state index contributed by atoms with van der Waals surface area (Å²) >= 11 is 0. The molecule has 0 atom stereocenters. The molecular formula is C21H26N4O5. The van der Waals surface area contributed by atoms with Crippen LogP contribution in [0.3, 0.4) is 0 Å². The summed E-state index contributed by atoms with van der Waals surface area (Å²) in [6, 6.07) is 10.1. The van der Waals surface area contributed by atoms with E-state index in [4.69, 9.17) is 18.9 Å². The van der Waals surface area contributed by atoms with Gasteiger partial charge in [-0.2, -0.15) is 10.2 Å². The predicted molar refractivity (Wildman–Crippen MR) is 115 cm³/mol. The van der Waals surface area contributed by atoms with Crippen molar-refractivity contribution in [2.75, 3.05) is 27.4 Å². The van der Waals surface area contributed by atoms with E-state index >= 15 is 0 Å². The molecule has 0 spiro atoms. The standard InChI is InChI=1S/C21H26N4O5/c1-5-29-17-9-7-15(11-19(17)27-3)13-22-24-21(26)25-23-14-16-8-10-18(30-6-2)20(12-16)28-4/h7-14H,5-6H2,1-4H3,(H2,24,25,26)/b22-13+,23-14+. The fourth-order valence-corrected chi connectivity index (χ4v) is 2.43. The van der Waals surface area contributed by atoms with Crippen molar-refractivity contribution >= 4 is 18.5 Å². The fraction of sp³-hybridized carbons (Fsp3) is 0.286. The van der Waals surface area contributed by atoms with Crippen LogP contribution < -0.4 is 29.8 Å². The molecule has 0 fully saturated rings. The molecule has 160 valence electrons. The zero-order valence-electron chi connectivity index (χ0n) is 17.5. The summed E-state index contributed by atoms with van der Waals surface area (Å²) in [5.74, 6) is 2.45. The van der Waals surface area contributed by atoms with Gasteiger partial charge in [0.1, 0.15) is 0 Å². The number of benzene rings is 2.